The zero-order valence-electron chi connectivity index (χ0n) is 15.6. The van der Waals surface area contributed by atoms with Gasteiger partial charge in [0.05, 0.1) is 11.0 Å². The first-order valence-corrected chi connectivity index (χ1v) is 9.27. The zero-order valence-corrected chi connectivity index (χ0v) is 16.4. The zero-order chi connectivity index (χ0) is 18.7. The van der Waals surface area contributed by atoms with Crippen molar-refractivity contribution in [2.45, 2.75) is 51.0 Å². The van der Waals surface area contributed by atoms with Gasteiger partial charge in [-0.15, -0.1) is 12.4 Å². The van der Waals surface area contributed by atoms with E-state index in [1.165, 1.54) is 4.57 Å². The van der Waals surface area contributed by atoms with Gasteiger partial charge in [0, 0.05) is 13.5 Å². The molecule has 148 valence electrons. The second-order valence-electron chi connectivity index (χ2n) is 6.92. The van der Waals surface area contributed by atoms with Gasteiger partial charge in [-0.1, -0.05) is 25.0 Å². The van der Waals surface area contributed by atoms with Gasteiger partial charge < -0.3 is 5.73 Å². The fourth-order valence-electron chi connectivity index (χ4n) is 3.76. The predicted molar refractivity (Wildman–Crippen MR) is 107 cm³/mol. The molecule has 2 heterocycles. The number of aryl methyl sites for hydroxylation is 2. The molecule has 0 saturated carbocycles. The second-order valence-corrected chi connectivity index (χ2v) is 6.92. The van der Waals surface area contributed by atoms with Crippen molar-refractivity contribution in [1.82, 2.24) is 14.5 Å². The lowest BCUT2D eigenvalue weighted by Crippen LogP contribution is -2.44. The quantitative estimate of drug-likeness (QED) is 0.552. The van der Waals surface area contributed by atoms with Gasteiger partial charge in [0.25, 0.3) is 0 Å². The Balaban J connectivity index is 0.00000261. The van der Waals surface area contributed by atoms with Gasteiger partial charge in [-0.2, -0.15) is 0 Å². The molecule has 0 bridgehead atoms. The first kappa shape index (κ1) is 21.2. The van der Waals surface area contributed by atoms with E-state index < -0.39 is 11.9 Å². The van der Waals surface area contributed by atoms with E-state index in [2.05, 4.69) is 5.32 Å². The highest BCUT2D eigenvalue weighted by Gasteiger charge is 2.31. The van der Waals surface area contributed by atoms with Crippen molar-refractivity contribution in [2.75, 3.05) is 6.54 Å². The van der Waals surface area contributed by atoms with Crippen LogP contribution in [0.4, 0.5) is 0 Å². The molecule has 1 aromatic heterocycles. The molecule has 2 aromatic rings. The Morgan fingerprint density at radius 2 is 1.89 bits per heavy atom. The molecule has 2 amide bonds. The normalized spacial score (nSPS) is 17.0. The molecule has 1 fully saturated rings. The highest BCUT2D eigenvalue weighted by molar-refractivity contribution is 6.00. The van der Waals surface area contributed by atoms with Crippen molar-refractivity contribution in [3.05, 3.63) is 34.2 Å². The molecule has 1 aliphatic rings. The van der Waals surface area contributed by atoms with Crippen molar-refractivity contribution in [2.24, 2.45) is 12.8 Å². The standard InChI is InChI=1S/C19H26N4O3.ClH/c1-22-17-13(7-4-2-3-5-12-20)8-6-9-14(17)23(19(22)26)15-10-11-16(24)21-18(15)25;/h6,8-9,15H,2-5,7,10-12,20H2,1H3,(H,21,24,25);1H. The van der Waals surface area contributed by atoms with Gasteiger partial charge in [0.15, 0.2) is 0 Å². The number of benzene rings is 1. The van der Waals surface area contributed by atoms with Crippen LogP contribution in [-0.4, -0.2) is 27.5 Å². The summed E-state index contributed by atoms with van der Waals surface area (Å²) in [6.45, 7) is 0.721. The number of piperidine rings is 1. The predicted octanol–water partition coefficient (Wildman–Crippen LogP) is 1.80. The van der Waals surface area contributed by atoms with Crippen LogP contribution in [0.2, 0.25) is 0 Å². The number of amides is 2. The number of fused-ring (bicyclic) bond motifs is 1. The summed E-state index contributed by atoms with van der Waals surface area (Å²) in [5, 5.41) is 2.34. The molecule has 1 aromatic carbocycles. The number of nitrogens with two attached hydrogens (primary N) is 1. The molecule has 8 heteroatoms. The number of hydrogen-bond acceptors (Lipinski definition) is 4. The summed E-state index contributed by atoms with van der Waals surface area (Å²) in [5.41, 5.74) is 8.06. The molecule has 3 rings (SSSR count). The van der Waals surface area contributed by atoms with Gasteiger partial charge in [-0.05, 0) is 43.9 Å². The number of imide groups is 1. The van der Waals surface area contributed by atoms with E-state index in [1.54, 1.807) is 11.6 Å². The van der Waals surface area contributed by atoms with Crippen LogP contribution >= 0.6 is 12.4 Å². The van der Waals surface area contributed by atoms with Crippen LogP contribution in [0, 0.1) is 0 Å². The van der Waals surface area contributed by atoms with Crippen LogP contribution < -0.4 is 16.7 Å². The summed E-state index contributed by atoms with van der Waals surface area (Å²) >= 11 is 0. The van der Waals surface area contributed by atoms with E-state index in [-0.39, 0.29) is 30.4 Å². The number of nitrogens with zero attached hydrogens (tertiary/aromatic N) is 2. The summed E-state index contributed by atoms with van der Waals surface area (Å²) in [7, 11) is 1.74. The molecular formula is C19H27ClN4O3. The number of halogens is 1. The Kier molecular flexibility index (Phi) is 7.21. The van der Waals surface area contributed by atoms with Crippen LogP contribution in [0.15, 0.2) is 23.0 Å². The van der Waals surface area contributed by atoms with Crippen molar-refractivity contribution in [3.8, 4) is 0 Å². The number of para-hydroxylation sites is 1. The summed E-state index contributed by atoms with van der Waals surface area (Å²) in [5.74, 6) is -0.680. The topological polar surface area (TPSA) is 99.1 Å². The van der Waals surface area contributed by atoms with Crippen LogP contribution in [0.25, 0.3) is 11.0 Å². The minimum absolute atomic E-state index is 0. The number of rotatable bonds is 7. The van der Waals surface area contributed by atoms with Crippen molar-refractivity contribution >= 4 is 35.3 Å². The Labute approximate surface area is 164 Å². The van der Waals surface area contributed by atoms with Crippen LogP contribution in [0.1, 0.15) is 50.1 Å². The number of nitrogens with one attached hydrogen (secondary N) is 1. The van der Waals surface area contributed by atoms with Gasteiger partial charge in [0.2, 0.25) is 11.8 Å². The minimum atomic E-state index is -0.635. The molecule has 7 nitrogen and oxygen atoms in total. The van der Waals surface area contributed by atoms with Gasteiger partial charge in [-0.25, -0.2) is 4.79 Å². The first-order valence-electron chi connectivity index (χ1n) is 9.27. The second kappa shape index (κ2) is 9.19. The monoisotopic (exact) mass is 394 g/mol. The van der Waals surface area contributed by atoms with Crippen LogP contribution in [0.3, 0.4) is 0 Å². The maximum atomic E-state index is 12.8. The first-order chi connectivity index (χ1) is 12.5. The SMILES string of the molecule is Cl.Cn1c(=O)n(C2CCC(=O)NC2=O)c2cccc(CCCCCCN)c21. The summed E-state index contributed by atoms with van der Waals surface area (Å²) in [6, 6.07) is 5.21. The largest absolute Gasteiger partial charge is 0.330 e. The molecule has 0 radical (unpaired) electrons. The fourth-order valence-corrected chi connectivity index (χ4v) is 3.76. The lowest BCUT2D eigenvalue weighted by Gasteiger charge is -2.21. The van der Waals surface area contributed by atoms with Crippen molar-refractivity contribution in [1.29, 1.82) is 0 Å². The Morgan fingerprint density at radius 3 is 2.59 bits per heavy atom. The Bertz CT molecular complexity index is 887. The molecule has 1 aliphatic heterocycles. The fraction of sp³-hybridized carbons (Fsp3) is 0.526. The van der Waals surface area contributed by atoms with E-state index in [0.717, 1.165) is 55.2 Å². The lowest BCUT2D eigenvalue weighted by molar-refractivity contribution is -0.135. The maximum absolute atomic E-state index is 12.8. The van der Waals surface area contributed by atoms with Gasteiger partial charge >= 0.3 is 5.69 Å². The summed E-state index contributed by atoms with van der Waals surface area (Å²) in [6.07, 6.45) is 5.78. The molecule has 1 unspecified atom stereocenters. The van der Waals surface area contributed by atoms with E-state index in [9.17, 15) is 14.4 Å². The lowest BCUT2D eigenvalue weighted by atomic mass is 10.0. The van der Waals surface area contributed by atoms with E-state index in [4.69, 9.17) is 5.73 Å². The average molecular weight is 395 g/mol. The molecule has 0 aliphatic carbocycles. The van der Waals surface area contributed by atoms with Crippen LogP contribution in [0.5, 0.6) is 0 Å². The number of aromatic nitrogens is 2. The molecule has 1 atom stereocenters. The third-order valence-corrected chi connectivity index (χ3v) is 5.11. The molecule has 3 N–H and O–H groups in total. The maximum Gasteiger partial charge on any atom is 0.329 e. The third kappa shape index (κ3) is 4.25. The van der Waals surface area contributed by atoms with Crippen LogP contribution in [-0.2, 0) is 23.1 Å². The number of hydrogen-bond donors (Lipinski definition) is 2. The third-order valence-electron chi connectivity index (χ3n) is 5.11. The highest BCUT2D eigenvalue weighted by Crippen LogP contribution is 2.25. The minimum Gasteiger partial charge on any atom is -0.330 e. The van der Waals surface area contributed by atoms with E-state index in [0.29, 0.717) is 6.42 Å². The average Bonchev–Trinajstić information content (AvgIpc) is 2.87. The molecule has 0 spiro atoms. The number of carbonyl (C=O) groups is 2. The van der Waals surface area contributed by atoms with Gasteiger partial charge in [0.1, 0.15) is 6.04 Å². The van der Waals surface area contributed by atoms with Crippen molar-refractivity contribution in [3.63, 3.8) is 0 Å². The number of imidazole rings is 1. The smallest absolute Gasteiger partial charge is 0.329 e. The number of carbonyl (C=O) groups excluding carboxylic acids is 2. The van der Waals surface area contributed by atoms with Gasteiger partial charge in [-0.3, -0.25) is 24.0 Å². The molecule has 1 saturated heterocycles. The molecular weight excluding hydrogens is 368 g/mol. The van der Waals surface area contributed by atoms with Crippen molar-refractivity contribution < 1.29 is 9.59 Å². The summed E-state index contributed by atoms with van der Waals surface area (Å²) in [4.78, 5) is 36.5. The number of unbranched alkanes of at least 4 members (excludes halogenated alkanes) is 3. The molecule has 27 heavy (non-hydrogen) atoms. The Hall–Kier alpha value is -2.12. The summed E-state index contributed by atoms with van der Waals surface area (Å²) < 4.78 is 3.16. The Morgan fingerprint density at radius 1 is 1.15 bits per heavy atom. The van der Waals surface area contributed by atoms with E-state index in [1.807, 2.05) is 18.2 Å². The highest BCUT2D eigenvalue weighted by atomic mass is 35.5. The van der Waals surface area contributed by atoms with E-state index >= 15 is 0 Å².